The van der Waals surface area contributed by atoms with E-state index in [0.29, 0.717) is 11.1 Å². The Bertz CT molecular complexity index is 1260. The van der Waals surface area contributed by atoms with Crippen molar-refractivity contribution in [1.82, 2.24) is 14.8 Å². The molecule has 1 N–H and O–H groups in total. The molecule has 0 atom stereocenters. The smallest absolute Gasteiger partial charge is 0.265 e. The van der Waals surface area contributed by atoms with Gasteiger partial charge in [-0.05, 0) is 42.1 Å². The highest BCUT2D eigenvalue weighted by atomic mass is 32.1. The van der Waals surface area contributed by atoms with Gasteiger partial charge in [0.1, 0.15) is 17.2 Å². The van der Waals surface area contributed by atoms with E-state index in [4.69, 9.17) is 12.2 Å². The third kappa shape index (κ3) is 4.02. The van der Waals surface area contributed by atoms with Gasteiger partial charge in [-0.2, -0.15) is 0 Å². The van der Waals surface area contributed by atoms with E-state index in [1.165, 1.54) is 29.2 Å². The van der Waals surface area contributed by atoms with Gasteiger partial charge in [0.15, 0.2) is 5.11 Å². The van der Waals surface area contributed by atoms with Gasteiger partial charge in [-0.1, -0.05) is 24.3 Å². The molecular formula is C23H17F2N3O2S. The maximum absolute atomic E-state index is 13.6. The summed E-state index contributed by atoms with van der Waals surface area (Å²) in [6.07, 6.45) is 4.76. The van der Waals surface area contributed by atoms with Crippen molar-refractivity contribution in [3.63, 3.8) is 0 Å². The molecule has 8 heteroatoms. The molecule has 1 saturated heterocycles. The number of nitrogens with zero attached hydrogens (tertiary/aromatic N) is 2. The molecule has 1 aromatic heterocycles. The molecule has 0 saturated carbocycles. The van der Waals surface area contributed by atoms with Gasteiger partial charge in [0.2, 0.25) is 0 Å². The normalized spacial score (nSPS) is 15.6. The van der Waals surface area contributed by atoms with Gasteiger partial charge in [-0.15, -0.1) is 6.58 Å². The minimum Gasteiger partial charge on any atom is -0.342 e. The number of fused-ring (bicyclic) bond motifs is 1. The Morgan fingerprint density at radius 3 is 2.52 bits per heavy atom. The van der Waals surface area contributed by atoms with Gasteiger partial charge in [-0.3, -0.25) is 19.8 Å². The number of hydrogen-bond acceptors (Lipinski definition) is 3. The molecule has 1 aliphatic rings. The topological polar surface area (TPSA) is 54.3 Å². The summed E-state index contributed by atoms with van der Waals surface area (Å²) >= 11 is 5.07. The number of carbonyl (C=O) groups excluding carboxylic acids is 2. The van der Waals surface area contributed by atoms with Crippen LogP contribution in [0.3, 0.4) is 0 Å². The zero-order valence-corrected chi connectivity index (χ0v) is 17.1. The second-order valence-corrected chi connectivity index (χ2v) is 7.42. The number of rotatable bonds is 5. The fourth-order valence-electron chi connectivity index (χ4n) is 3.56. The van der Waals surface area contributed by atoms with Gasteiger partial charge >= 0.3 is 0 Å². The largest absolute Gasteiger partial charge is 0.342 e. The molecule has 31 heavy (non-hydrogen) atoms. The third-order valence-corrected chi connectivity index (χ3v) is 5.21. The predicted octanol–water partition coefficient (Wildman–Crippen LogP) is 3.78. The molecule has 1 aliphatic heterocycles. The van der Waals surface area contributed by atoms with Crippen molar-refractivity contribution in [3.8, 4) is 0 Å². The Morgan fingerprint density at radius 2 is 1.81 bits per heavy atom. The molecule has 3 aromatic rings. The first-order chi connectivity index (χ1) is 14.9. The van der Waals surface area contributed by atoms with E-state index in [-0.39, 0.29) is 23.8 Å². The molecule has 0 radical (unpaired) electrons. The van der Waals surface area contributed by atoms with E-state index in [1.807, 2.05) is 28.8 Å². The van der Waals surface area contributed by atoms with Crippen LogP contribution in [-0.2, 0) is 16.1 Å². The molecule has 4 rings (SSSR count). The maximum atomic E-state index is 13.6. The quantitative estimate of drug-likeness (QED) is 0.286. The molecule has 156 valence electrons. The fourth-order valence-corrected chi connectivity index (χ4v) is 3.81. The molecule has 0 spiro atoms. The first-order valence-electron chi connectivity index (χ1n) is 9.40. The van der Waals surface area contributed by atoms with Crippen LogP contribution in [0.5, 0.6) is 0 Å². The highest BCUT2D eigenvalue weighted by Crippen LogP contribution is 2.26. The summed E-state index contributed by atoms with van der Waals surface area (Å²) in [5.41, 5.74) is 1.81. The molecule has 2 amide bonds. The first kappa shape index (κ1) is 20.6. The molecule has 2 heterocycles. The van der Waals surface area contributed by atoms with Crippen LogP contribution in [-0.4, -0.2) is 32.9 Å². The average Bonchev–Trinajstić information content (AvgIpc) is 3.05. The molecular weight excluding hydrogens is 420 g/mol. The highest BCUT2D eigenvalue weighted by Gasteiger charge is 2.32. The van der Waals surface area contributed by atoms with E-state index < -0.39 is 23.4 Å². The Balaban J connectivity index is 1.78. The molecule has 5 nitrogen and oxygen atoms in total. The lowest BCUT2D eigenvalue weighted by molar-refractivity contribution is -0.128. The number of nitrogens with one attached hydrogen (secondary N) is 1. The summed E-state index contributed by atoms with van der Waals surface area (Å²) in [4.78, 5) is 26.5. The standard InChI is InChI=1S/C23H17F2N3O2S/c1-2-7-28-22(30)19(21(29)26-23(28)31)10-15-13-27(20-6-4-3-5-18(15)20)12-14-8-16(24)11-17(25)9-14/h2-6,8-11,13H,1,7,12H2,(H,26,29,31). The number of benzene rings is 2. The number of hydrogen-bond donors (Lipinski definition) is 1. The molecule has 0 bridgehead atoms. The van der Waals surface area contributed by atoms with Gasteiger partial charge < -0.3 is 4.57 Å². The van der Waals surface area contributed by atoms with E-state index in [2.05, 4.69) is 11.9 Å². The number of para-hydroxylation sites is 1. The van der Waals surface area contributed by atoms with Crippen molar-refractivity contribution in [2.45, 2.75) is 6.54 Å². The lowest BCUT2D eigenvalue weighted by Crippen LogP contribution is -2.53. The van der Waals surface area contributed by atoms with Crippen LogP contribution < -0.4 is 5.32 Å². The van der Waals surface area contributed by atoms with Crippen LogP contribution in [0.4, 0.5) is 8.78 Å². The zero-order chi connectivity index (χ0) is 22.1. The number of carbonyl (C=O) groups is 2. The maximum Gasteiger partial charge on any atom is 0.265 e. The fraction of sp³-hybridized carbons (Fsp3) is 0.0870. The lowest BCUT2D eigenvalue weighted by atomic mass is 10.1. The van der Waals surface area contributed by atoms with Crippen molar-refractivity contribution in [2.24, 2.45) is 0 Å². The Kier molecular flexibility index (Phi) is 5.48. The van der Waals surface area contributed by atoms with Crippen LogP contribution in [0.2, 0.25) is 0 Å². The monoisotopic (exact) mass is 437 g/mol. The zero-order valence-electron chi connectivity index (χ0n) is 16.3. The van der Waals surface area contributed by atoms with E-state index in [1.54, 1.807) is 6.20 Å². The Morgan fingerprint density at radius 1 is 1.10 bits per heavy atom. The second kappa shape index (κ2) is 8.23. The van der Waals surface area contributed by atoms with Gasteiger partial charge in [0, 0.05) is 41.8 Å². The molecule has 1 fully saturated rings. The van der Waals surface area contributed by atoms with Crippen LogP contribution in [0, 0.1) is 11.6 Å². The van der Waals surface area contributed by atoms with Crippen molar-refractivity contribution >= 4 is 46.1 Å². The van der Waals surface area contributed by atoms with Crippen LogP contribution >= 0.6 is 12.2 Å². The number of amides is 2. The second-order valence-electron chi connectivity index (χ2n) is 7.03. The van der Waals surface area contributed by atoms with Crippen molar-refractivity contribution < 1.29 is 18.4 Å². The number of halogens is 2. The van der Waals surface area contributed by atoms with Gasteiger partial charge in [0.05, 0.1) is 0 Å². The van der Waals surface area contributed by atoms with Crippen LogP contribution in [0.25, 0.3) is 17.0 Å². The van der Waals surface area contributed by atoms with Gasteiger partial charge in [-0.25, -0.2) is 8.78 Å². The van der Waals surface area contributed by atoms with Gasteiger partial charge in [0.25, 0.3) is 11.8 Å². The first-order valence-corrected chi connectivity index (χ1v) is 9.81. The molecule has 0 unspecified atom stereocenters. The predicted molar refractivity (Wildman–Crippen MR) is 118 cm³/mol. The van der Waals surface area contributed by atoms with E-state index in [0.717, 1.165) is 17.0 Å². The van der Waals surface area contributed by atoms with Crippen molar-refractivity contribution in [3.05, 3.63) is 89.7 Å². The average molecular weight is 437 g/mol. The van der Waals surface area contributed by atoms with Crippen molar-refractivity contribution in [1.29, 1.82) is 0 Å². The van der Waals surface area contributed by atoms with Crippen LogP contribution in [0.1, 0.15) is 11.1 Å². The summed E-state index contributed by atoms with van der Waals surface area (Å²) in [7, 11) is 0. The van der Waals surface area contributed by atoms with E-state index >= 15 is 0 Å². The SMILES string of the molecule is C=CCN1C(=O)C(=Cc2cn(Cc3cc(F)cc(F)c3)c3ccccc23)C(=O)NC1=S. The summed E-state index contributed by atoms with van der Waals surface area (Å²) < 4.78 is 29.0. The lowest BCUT2D eigenvalue weighted by Gasteiger charge is -2.27. The number of aromatic nitrogens is 1. The molecule has 0 aliphatic carbocycles. The summed E-state index contributed by atoms with van der Waals surface area (Å²) in [6, 6.07) is 10.7. The van der Waals surface area contributed by atoms with E-state index in [9.17, 15) is 18.4 Å². The number of thiocarbonyl (C=S) groups is 1. The van der Waals surface area contributed by atoms with Crippen LogP contribution in [0.15, 0.2) is 66.9 Å². The summed E-state index contributed by atoms with van der Waals surface area (Å²) in [6.45, 7) is 3.99. The summed E-state index contributed by atoms with van der Waals surface area (Å²) in [5, 5.41) is 3.33. The summed E-state index contributed by atoms with van der Waals surface area (Å²) in [5.74, 6) is -2.41. The minimum absolute atomic E-state index is 0.0302. The molecule has 2 aromatic carbocycles. The highest BCUT2D eigenvalue weighted by molar-refractivity contribution is 7.80. The minimum atomic E-state index is -0.656. The third-order valence-electron chi connectivity index (χ3n) is 4.89. The van der Waals surface area contributed by atoms with Crippen molar-refractivity contribution in [2.75, 3.05) is 6.54 Å². The Labute approximate surface area is 182 Å². The Hall–Kier alpha value is -3.65.